The predicted molar refractivity (Wildman–Crippen MR) is 79.5 cm³/mol. The molecule has 0 saturated heterocycles. The maximum atomic E-state index is 12.8. The van der Waals surface area contributed by atoms with Gasteiger partial charge < -0.3 is 0 Å². The van der Waals surface area contributed by atoms with Gasteiger partial charge in [-0.25, -0.2) is 9.67 Å². The van der Waals surface area contributed by atoms with Crippen LogP contribution in [-0.2, 0) is 18.6 Å². The summed E-state index contributed by atoms with van der Waals surface area (Å²) in [5.74, 6) is 0.535. The Bertz CT molecular complexity index is 584. The summed E-state index contributed by atoms with van der Waals surface area (Å²) in [6.45, 7) is 5.21. The molecule has 2 aromatic heterocycles. The van der Waals surface area contributed by atoms with Gasteiger partial charge in [-0.3, -0.25) is 4.90 Å². The lowest BCUT2D eigenvalue weighted by Gasteiger charge is -2.26. The smallest absolute Gasteiger partial charge is 0.282 e. The van der Waals surface area contributed by atoms with Crippen LogP contribution in [0.15, 0.2) is 23.8 Å². The molecule has 0 atom stereocenters. The van der Waals surface area contributed by atoms with E-state index in [1.165, 1.54) is 22.6 Å². The molecule has 122 valence electrons. The zero-order valence-electron chi connectivity index (χ0n) is 12.8. The fraction of sp³-hybridized carbons (Fsp3) is 0.571. The molecule has 2 rings (SSSR count). The standard InChI is InChI=1S/C14H19F3N4S/c1-13(2,3)21-12(18-10-19-21)8-20(9-14(15,16)17)7-11-5-4-6-22-11/h4-6,10H,7-9H2,1-3H3. The second-order valence-electron chi connectivity index (χ2n) is 6.10. The number of thiophene rings is 1. The first kappa shape index (κ1) is 17.0. The molecule has 4 nitrogen and oxygen atoms in total. The summed E-state index contributed by atoms with van der Waals surface area (Å²) in [5.41, 5.74) is -0.321. The molecule has 0 aliphatic rings. The highest BCUT2D eigenvalue weighted by Crippen LogP contribution is 2.22. The number of halogens is 3. The minimum Gasteiger partial charge on any atom is -0.282 e. The van der Waals surface area contributed by atoms with Gasteiger partial charge in [-0.1, -0.05) is 6.07 Å². The summed E-state index contributed by atoms with van der Waals surface area (Å²) in [6.07, 6.45) is -2.86. The second kappa shape index (κ2) is 6.37. The molecule has 0 N–H and O–H groups in total. The molecule has 8 heteroatoms. The molecule has 0 radical (unpaired) electrons. The van der Waals surface area contributed by atoms with Gasteiger partial charge in [-0.2, -0.15) is 18.3 Å². The molecule has 0 bridgehead atoms. The van der Waals surface area contributed by atoms with E-state index >= 15 is 0 Å². The molecule has 22 heavy (non-hydrogen) atoms. The predicted octanol–water partition coefficient (Wildman–Crippen LogP) is 3.66. The van der Waals surface area contributed by atoms with Crippen molar-refractivity contribution < 1.29 is 13.2 Å². The third-order valence-corrected chi connectivity index (χ3v) is 3.84. The van der Waals surface area contributed by atoms with Crippen molar-refractivity contribution >= 4 is 11.3 Å². The van der Waals surface area contributed by atoms with Crippen LogP contribution in [0.5, 0.6) is 0 Å². The van der Waals surface area contributed by atoms with Crippen molar-refractivity contribution in [3.05, 3.63) is 34.5 Å². The number of hydrogen-bond acceptors (Lipinski definition) is 4. The highest BCUT2D eigenvalue weighted by molar-refractivity contribution is 7.09. The number of alkyl halides is 3. The van der Waals surface area contributed by atoms with Crippen molar-refractivity contribution in [3.63, 3.8) is 0 Å². The maximum absolute atomic E-state index is 12.8. The molecule has 0 amide bonds. The summed E-state index contributed by atoms with van der Waals surface area (Å²) in [6, 6.07) is 3.67. The topological polar surface area (TPSA) is 34.0 Å². The van der Waals surface area contributed by atoms with Crippen LogP contribution in [0.2, 0.25) is 0 Å². The third kappa shape index (κ3) is 4.81. The summed E-state index contributed by atoms with van der Waals surface area (Å²) < 4.78 is 40.1. The molecule has 0 aliphatic carbocycles. The quantitative estimate of drug-likeness (QED) is 0.838. The van der Waals surface area contributed by atoms with Gasteiger partial charge in [0.2, 0.25) is 0 Å². The third-order valence-electron chi connectivity index (χ3n) is 2.98. The Balaban J connectivity index is 2.17. The van der Waals surface area contributed by atoms with Crippen LogP contribution in [-0.4, -0.2) is 32.4 Å². The van der Waals surface area contributed by atoms with Crippen LogP contribution < -0.4 is 0 Å². The minimum absolute atomic E-state index is 0.106. The van der Waals surface area contributed by atoms with Crippen molar-refractivity contribution in [2.45, 2.75) is 45.6 Å². The Morgan fingerprint density at radius 2 is 1.95 bits per heavy atom. The molecule has 2 heterocycles. The Morgan fingerprint density at radius 1 is 1.23 bits per heavy atom. The van der Waals surface area contributed by atoms with Crippen molar-refractivity contribution in [2.75, 3.05) is 6.54 Å². The Kier molecular flexibility index (Phi) is 4.91. The first-order chi connectivity index (χ1) is 10.1. The van der Waals surface area contributed by atoms with Gasteiger partial charge in [-0.15, -0.1) is 11.3 Å². The average molecular weight is 332 g/mol. The summed E-state index contributed by atoms with van der Waals surface area (Å²) >= 11 is 1.45. The highest BCUT2D eigenvalue weighted by Gasteiger charge is 2.32. The van der Waals surface area contributed by atoms with Gasteiger partial charge in [0.05, 0.1) is 18.6 Å². The van der Waals surface area contributed by atoms with E-state index in [0.717, 1.165) is 4.88 Å². The van der Waals surface area contributed by atoms with Crippen LogP contribution >= 0.6 is 11.3 Å². The van der Waals surface area contributed by atoms with Crippen molar-refractivity contribution in [2.24, 2.45) is 0 Å². The second-order valence-corrected chi connectivity index (χ2v) is 7.13. The van der Waals surface area contributed by atoms with Crippen LogP contribution in [0, 0.1) is 0 Å². The number of hydrogen-bond donors (Lipinski definition) is 0. The van der Waals surface area contributed by atoms with Gasteiger partial charge in [0.15, 0.2) is 0 Å². The normalized spacial score (nSPS) is 13.0. The average Bonchev–Trinajstić information content (AvgIpc) is 2.96. The monoisotopic (exact) mass is 332 g/mol. The highest BCUT2D eigenvalue weighted by atomic mass is 32.1. The number of rotatable bonds is 5. The molecule has 2 aromatic rings. The van der Waals surface area contributed by atoms with Crippen LogP contribution in [0.3, 0.4) is 0 Å². The lowest BCUT2D eigenvalue weighted by Crippen LogP contribution is -2.35. The fourth-order valence-electron chi connectivity index (χ4n) is 2.18. The van der Waals surface area contributed by atoms with Gasteiger partial charge in [0.25, 0.3) is 0 Å². The summed E-state index contributed by atoms with van der Waals surface area (Å²) in [5, 5.41) is 5.99. The van der Waals surface area contributed by atoms with Crippen LogP contribution in [0.1, 0.15) is 31.5 Å². The number of aromatic nitrogens is 3. The lowest BCUT2D eigenvalue weighted by molar-refractivity contribution is -0.148. The molecule has 0 aromatic carbocycles. The first-order valence-electron chi connectivity index (χ1n) is 6.86. The zero-order chi connectivity index (χ0) is 16.4. The zero-order valence-corrected chi connectivity index (χ0v) is 13.6. The van der Waals surface area contributed by atoms with Crippen molar-refractivity contribution in [3.8, 4) is 0 Å². The molecule has 0 fully saturated rings. The SMILES string of the molecule is CC(C)(C)n1ncnc1CN(Cc1cccs1)CC(F)(F)F. The lowest BCUT2D eigenvalue weighted by atomic mass is 10.1. The van der Waals surface area contributed by atoms with Crippen LogP contribution in [0.25, 0.3) is 0 Å². The Morgan fingerprint density at radius 3 is 2.50 bits per heavy atom. The largest absolute Gasteiger partial charge is 0.401 e. The van der Waals surface area contributed by atoms with E-state index in [9.17, 15) is 13.2 Å². The van der Waals surface area contributed by atoms with E-state index in [-0.39, 0.29) is 18.6 Å². The van der Waals surface area contributed by atoms with E-state index in [0.29, 0.717) is 5.82 Å². The van der Waals surface area contributed by atoms with Crippen molar-refractivity contribution in [1.82, 2.24) is 19.7 Å². The van der Waals surface area contributed by atoms with E-state index in [1.807, 2.05) is 38.3 Å². The molecular weight excluding hydrogens is 313 g/mol. The van der Waals surface area contributed by atoms with E-state index < -0.39 is 12.7 Å². The molecular formula is C14H19F3N4S. The van der Waals surface area contributed by atoms with E-state index in [4.69, 9.17) is 0 Å². The molecule has 0 spiro atoms. The summed E-state index contributed by atoms with van der Waals surface area (Å²) in [4.78, 5) is 6.37. The fourth-order valence-corrected chi connectivity index (χ4v) is 2.92. The van der Waals surface area contributed by atoms with E-state index in [1.54, 1.807) is 4.68 Å². The van der Waals surface area contributed by atoms with E-state index in [2.05, 4.69) is 10.1 Å². The van der Waals surface area contributed by atoms with Crippen LogP contribution in [0.4, 0.5) is 13.2 Å². The minimum atomic E-state index is -4.25. The van der Waals surface area contributed by atoms with Gasteiger partial charge in [0, 0.05) is 11.4 Å². The van der Waals surface area contributed by atoms with Gasteiger partial charge in [0.1, 0.15) is 12.2 Å². The van der Waals surface area contributed by atoms with Gasteiger partial charge in [-0.05, 0) is 32.2 Å². The molecule has 0 saturated carbocycles. The first-order valence-corrected chi connectivity index (χ1v) is 7.74. The molecule has 0 aliphatic heterocycles. The molecule has 0 unspecified atom stereocenters. The number of nitrogens with zero attached hydrogens (tertiary/aromatic N) is 4. The maximum Gasteiger partial charge on any atom is 0.401 e. The van der Waals surface area contributed by atoms with Crippen molar-refractivity contribution in [1.29, 1.82) is 0 Å². The Hall–Kier alpha value is -1.41. The Labute approximate surface area is 131 Å². The van der Waals surface area contributed by atoms with Gasteiger partial charge >= 0.3 is 6.18 Å². The summed E-state index contributed by atoms with van der Waals surface area (Å²) in [7, 11) is 0.